The van der Waals surface area contributed by atoms with Crippen LogP contribution in [0, 0.1) is 19.7 Å². The third-order valence-electron chi connectivity index (χ3n) is 6.18. The second kappa shape index (κ2) is 7.58. The van der Waals surface area contributed by atoms with Crippen molar-refractivity contribution in [2.24, 2.45) is 4.99 Å². The number of aryl methyl sites for hydroxylation is 1. The summed E-state index contributed by atoms with van der Waals surface area (Å²) in [6, 6.07) is 15.6. The minimum atomic E-state index is -0.221. The summed E-state index contributed by atoms with van der Waals surface area (Å²) in [6.45, 7) is 6.46. The molecule has 5 rings (SSSR count). The first-order valence-electron chi connectivity index (χ1n) is 10.4. The molecule has 2 aliphatic heterocycles. The van der Waals surface area contributed by atoms with Gasteiger partial charge in [-0.25, -0.2) is 4.39 Å². The van der Waals surface area contributed by atoms with Crippen LogP contribution in [0.2, 0.25) is 0 Å². The Balaban J connectivity index is 1.64. The third-order valence-corrected chi connectivity index (χ3v) is 7.31. The van der Waals surface area contributed by atoms with Crippen molar-refractivity contribution in [1.29, 1.82) is 0 Å². The minimum Gasteiger partial charge on any atom is -0.338 e. The average Bonchev–Trinajstić information content (AvgIpc) is 3.40. The molecule has 0 amide bonds. The van der Waals surface area contributed by atoms with Crippen molar-refractivity contribution in [1.82, 2.24) is 14.5 Å². The SMILES string of the molecule is CC[C@@H]1CSC2=N[C@@H](c3ccccn3)[C@H](c3cc(C)n(-c4cccc(F)c4)c3C)N21. The summed E-state index contributed by atoms with van der Waals surface area (Å²) in [5, 5.41) is 1.12. The first-order valence-corrected chi connectivity index (χ1v) is 11.4. The zero-order valence-corrected chi connectivity index (χ0v) is 18.2. The summed E-state index contributed by atoms with van der Waals surface area (Å²) in [5.74, 6) is 0.852. The monoisotopic (exact) mass is 420 g/mol. The lowest BCUT2D eigenvalue weighted by molar-refractivity contribution is 0.254. The van der Waals surface area contributed by atoms with Gasteiger partial charge < -0.3 is 9.47 Å². The fourth-order valence-corrected chi connectivity index (χ4v) is 6.12. The van der Waals surface area contributed by atoms with Crippen LogP contribution >= 0.6 is 11.8 Å². The minimum absolute atomic E-state index is 0.0375. The number of halogens is 1. The summed E-state index contributed by atoms with van der Waals surface area (Å²) in [4.78, 5) is 12.3. The molecule has 2 aromatic heterocycles. The molecule has 0 unspecified atom stereocenters. The smallest absolute Gasteiger partial charge is 0.160 e. The van der Waals surface area contributed by atoms with Gasteiger partial charge in [0.2, 0.25) is 0 Å². The number of aromatic nitrogens is 2. The Hall–Kier alpha value is -2.60. The quantitative estimate of drug-likeness (QED) is 0.550. The summed E-state index contributed by atoms with van der Waals surface area (Å²) in [5.41, 5.74) is 5.32. The molecule has 0 radical (unpaired) electrons. The lowest BCUT2D eigenvalue weighted by atomic mass is 9.95. The molecule has 154 valence electrons. The molecule has 30 heavy (non-hydrogen) atoms. The molecule has 0 spiro atoms. The van der Waals surface area contributed by atoms with Gasteiger partial charge in [0.05, 0.1) is 11.7 Å². The van der Waals surface area contributed by atoms with E-state index in [1.165, 1.54) is 11.6 Å². The van der Waals surface area contributed by atoms with E-state index in [4.69, 9.17) is 4.99 Å². The van der Waals surface area contributed by atoms with Crippen molar-refractivity contribution in [2.75, 3.05) is 5.75 Å². The van der Waals surface area contributed by atoms with Crippen LogP contribution in [0.1, 0.15) is 48.1 Å². The van der Waals surface area contributed by atoms with Crippen molar-refractivity contribution < 1.29 is 4.39 Å². The summed E-state index contributed by atoms with van der Waals surface area (Å²) in [7, 11) is 0. The third kappa shape index (κ3) is 3.05. The van der Waals surface area contributed by atoms with Crippen LogP contribution in [0.25, 0.3) is 5.69 Å². The maximum Gasteiger partial charge on any atom is 0.160 e. The first kappa shape index (κ1) is 19.4. The molecule has 1 fully saturated rings. The second-order valence-corrected chi connectivity index (χ2v) is 8.97. The van der Waals surface area contributed by atoms with Crippen molar-refractivity contribution in [2.45, 2.75) is 45.3 Å². The number of aliphatic imine (C=N–C) groups is 1. The Bertz CT molecular complexity index is 1110. The molecule has 0 saturated carbocycles. The molecule has 1 aromatic carbocycles. The van der Waals surface area contributed by atoms with Gasteiger partial charge in [0.15, 0.2) is 5.17 Å². The molecule has 1 saturated heterocycles. The first-order chi connectivity index (χ1) is 14.6. The van der Waals surface area contributed by atoms with E-state index >= 15 is 0 Å². The molecule has 3 atom stereocenters. The van der Waals surface area contributed by atoms with Crippen molar-refractivity contribution in [3.63, 3.8) is 0 Å². The van der Waals surface area contributed by atoms with Gasteiger partial charge in [-0.1, -0.05) is 30.8 Å². The largest absolute Gasteiger partial charge is 0.338 e. The van der Waals surface area contributed by atoms with Gasteiger partial charge in [-0.2, -0.15) is 0 Å². The van der Waals surface area contributed by atoms with E-state index in [1.54, 1.807) is 12.1 Å². The number of benzene rings is 1. The van der Waals surface area contributed by atoms with Crippen LogP contribution < -0.4 is 0 Å². The number of pyridine rings is 1. The predicted molar refractivity (Wildman–Crippen MR) is 121 cm³/mol. The average molecular weight is 421 g/mol. The van der Waals surface area contributed by atoms with E-state index in [-0.39, 0.29) is 17.9 Å². The van der Waals surface area contributed by atoms with Gasteiger partial charge in [-0.3, -0.25) is 9.98 Å². The standard InChI is InChI=1S/C24H25FN4S/c1-4-18-14-30-24-27-22(21-10-5-6-11-26-21)23(29(18)24)20-12-15(2)28(16(20)3)19-9-7-8-17(25)13-19/h5-13,18,22-23H,4,14H2,1-3H3/t18-,22+,23+/m1/s1. The Morgan fingerprint density at radius 2 is 2.00 bits per heavy atom. The fourth-order valence-electron chi connectivity index (χ4n) is 4.79. The number of amidine groups is 1. The number of hydrogen-bond acceptors (Lipinski definition) is 4. The zero-order chi connectivity index (χ0) is 20.8. The van der Waals surface area contributed by atoms with Gasteiger partial charge in [0.25, 0.3) is 0 Å². The number of hydrogen-bond donors (Lipinski definition) is 0. The van der Waals surface area contributed by atoms with Crippen LogP contribution in [0.3, 0.4) is 0 Å². The van der Waals surface area contributed by atoms with Gasteiger partial charge >= 0.3 is 0 Å². The number of rotatable bonds is 4. The molecule has 3 aromatic rings. The van der Waals surface area contributed by atoms with Gasteiger partial charge in [-0.15, -0.1) is 0 Å². The van der Waals surface area contributed by atoms with Crippen LogP contribution in [0.5, 0.6) is 0 Å². The maximum atomic E-state index is 13.9. The van der Waals surface area contributed by atoms with Crippen LogP contribution in [0.4, 0.5) is 4.39 Å². The molecule has 6 heteroatoms. The van der Waals surface area contributed by atoms with Gasteiger partial charge in [0, 0.05) is 35.1 Å². The summed E-state index contributed by atoms with van der Waals surface area (Å²) >= 11 is 1.85. The van der Waals surface area contributed by atoms with Crippen molar-refractivity contribution in [3.05, 3.63) is 83.2 Å². The number of thioether (sulfide) groups is 1. The topological polar surface area (TPSA) is 33.4 Å². The Morgan fingerprint density at radius 1 is 1.13 bits per heavy atom. The fraction of sp³-hybridized carbons (Fsp3) is 0.333. The molecule has 4 heterocycles. The highest BCUT2D eigenvalue weighted by molar-refractivity contribution is 8.14. The van der Waals surface area contributed by atoms with E-state index in [9.17, 15) is 4.39 Å². The molecule has 0 bridgehead atoms. The predicted octanol–water partition coefficient (Wildman–Crippen LogP) is 5.61. The lowest BCUT2D eigenvalue weighted by Gasteiger charge is -2.32. The summed E-state index contributed by atoms with van der Waals surface area (Å²) in [6.07, 6.45) is 2.93. The molecule has 2 aliphatic rings. The van der Waals surface area contributed by atoms with E-state index < -0.39 is 0 Å². The normalized spacial score (nSPS) is 23.0. The Morgan fingerprint density at radius 3 is 2.73 bits per heavy atom. The zero-order valence-electron chi connectivity index (χ0n) is 17.4. The van der Waals surface area contributed by atoms with Gasteiger partial charge in [0.1, 0.15) is 11.9 Å². The van der Waals surface area contributed by atoms with Crippen LogP contribution in [-0.2, 0) is 0 Å². The Kier molecular flexibility index (Phi) is 4.89. The van der Waals surface area contributed by atoms with E-state index in [0.717, 1.165) is 40.1 Å². The van der Waals surface area contributed by atoms with Crippen LogP contribution in [-0.4, -0.2) is 31.4 Å². The maximum absolute atomic E-state index is 13.9. The van der Waals surface area contributed by atoms with Crippen molar-refractivity contribution >= 4 is 16.9 Å². The molecule has 0 aliphatic carbocycles. The molecule has 0 N–H and O–H groups in total. The second-order valence-electron chi connectivity index (χ2n) is 7.98. The lowest BCUT2D eigenvalue weighted by Crippen LogP contribution is -2.35. The number of nitrogens with zero attached hydrogens (tertiary/aromatic N) is 4. The van der Waals surface area contributed by atoms with Crippen molar-refractivity contribution in [3.8, 4) is 5.69 Å². The highest BCUT2D eigenvalue weighted by Gasteiger charge is 2.46. The van der Waals surface area contributed by atoms with E-state index in [2.05, 4.69) is 47.4 Å². The highest BCUT2D eigenvalue weighted by atomic mass is 32.2. The Labute approximate surface area is 180 Å². The molecule has 4 nitrogen and oxygen atoms in total. The molecular weight excluding hydrogens is 395 g/mol. The molecular formula is C24H25FN4S. The highest BCUT2D eigenvalue weighted by Crippen LogP contribution is 2.49. The van der Waals surface area contributed by atoms with E-state index in [0.29, 0.717) is 6.04 Å². The van der Waals surface area contributed by atoms with Gasteiger partial charge in [-0.05, 0) is 62.2 Å². The van der Waals surface area contributed by atoms with Crippen LogP contribution in [0.15, 0.2) is 59.7 Å². The number of fused-ring (bicyclic) bond motifs is 1. The summed E-state index contributed by atoms with van der Waals surface area (Å²) < 4.78 is 16.1. The van der Waals surface area contributed by atoms with E-state index in [1.807, 2.05) is 36.2 Å².